The minimum Gasteiger partial charge on any atom is -0.445 e. The van der Waals surface area contributed by atoms with Crippen LogP contribution in [-0.4, -0.2) is 18.0 Å². The van der Waals surface area contributed by atoms with E-state index in [1.165, 1.54) is 0 Å². The van der Waals surface area contributed by atoms with Crippen LogP contribution in [0.1, 0.15) is 23.6 Å². The number of rotatable bonds is 5. The minimum atomic E-state index is -0.717. The second kappa shape index (κ2) is 8.67. The highest BCUT2D eigenvalue weighted by Gasteiger charge is 2.18. The minimum absolute atomic E-state index is 0.159. The van der Waals surface area contributed by atoms with Gasteiger partial charge in [0.05, 0.1) is 0 Å². The molecule has 1 atom stereocenters. The van der Waals surface area contributed by atoms with E-state index in [-0.39, 0.29) is 12.5 Å². The van der Waals surface area contributed by atoms with Crippen molar-refractivity contribution in [3.8, 4) is 0 Å². The molecular formula is C19H21BrN2O3. The number of benzene rings is 2. The van der Waals surface area contributed by atoms with Crippen LogP contribution in [0.5, 0.6) is 0 Å². The number of ether oxygens (including phenoxy) is 1. The standard InChI is InChI=1S/C19H21BrN2O3/c1-12-9-16(20)10-13(2)17(12)22-18(23)14(3)21-19(24)25-11-15-7-5-4-6-8-15/h4-10,14H,11H2,1-3H3,(H,21,24)(H,22,23)/t14-/m1/s1. The third kappa shape index (κ3) is 5.60. The fourth-order valence-electron chi connectivity index (χ4n) is 2.35. The Bertz CT molecular complexity index is 740. The number of carbonyl (C=O) groups excluding carboxylic acids is 2. The Morgan fingerprint density at radius 1 is 1.12 bits per heavy atom. The van der Waals surface area contributed by atoms with Gasteiger partial charge in [-0.25, -0.2) is 4.79 Å². The molecule has 0 heterocycles. The lowest BCUT2D eigenvalue weighted by atomic mass is 10.1. The maximum absolute atomic E-state index is 12.3. The van der Waals surface area contributed by atoms with Crippen molar-refractivity contribution in [2.75, 3.05) is 5.32 Å². The number of alkyl carbamates (subject to hydrolysis) is 1. The predicted octanol–water partition coefficient (Wildman–Crippen LogP) is 4.32. The van der Waals surface area contributed by atoms with E-state index in [1.807, 2.05) is 56.3 Å². The zero-order valence-corrected chi connectivity index (χ0v) is 16.0. The summed E-state index contributed by atoms with van der Waals surface area (Å²) in [5, 5.41) is 5.39. The molecule has 2 aromatic rings. The maximum Gasteiger partial charge on any atom is 0.408 e. The monoisotopic (exact) mass is 404 g/mol. The Labute approximate surface area is 155 Å². The smallest absolute Gasteiger partial charge is 0.408 e. The first kappa shape index (κ1) is 19.0. The van der Waals surface area contributed by atoms with Crippen LogP contribution in [0.2, 0.25) is 0 Å². The van der Waals surface area contributed by atoms with Crippen molar-refractivity contribution in [3.63, 3.8) is 0 Å². The van der Waals surface area contributed by atoms with Gasteiger partial charge in [0, 0.05) is 10.2 Å². The first-order chi connectivity index (χ1) is 11.9. The molecule has 132 valence electrons. The first-order valence-corrected chi connectivity index (χ1v) is 8.71. The van der Waals surface area contributed by atoms with E-state index in [0.717, 1.165) is 26.9 Å². The first-order valence-electron chi connectivity index (χ1n) is 7.91. The van der Waals surface area contributed by atoms with Gasteiger partial charge in [-0.2, -0.15) is 0 Å². The van der Waals surface area contributed by atoms with Crippen LogP contribution in [0.15, 0.2) is 46.9 Å². The molecule has 0 bridgehead atoms. The molecule has 0 radical (unpaired) electrons. The summed E-state index contributed by atoms with van der Waals surface area (Å²) >= 11 is 3.43. The van der Waals surface area contributed by atoms with Gasteiger partial charge in [0.2, 0.25) is 5.91 Å². The lowest BCUT2D eigenvalue weighted by Crippen LogP contribution is -2.42. The summed E-state index contributed by atoms with van der Waals surface area (Å²) in [5.74, 6) is -0.301. The van der Waals surface area contributed by atoms with Crippen LogP contribution in [0.4, 0.5) is 10.5 Å². The van der Waals surface area contributed by atoms with Crippen molar-refractivity contribution in [3.05, 3.63) is 63.6 Å². The van der Waals surface area contributed by atoms with E-state index in [1.54, 1.807) is 6.92 Å². The van der Waals surface area contributed by atoms with Gasteiger partial charge >= 0.3 is 6.09 Å². The normalized spacial score (nSPS) is 11.5. The summed E-state index contributed by atoms with van der Waals surface area (Å²) in [5.41, 5.74) is 3.52. The molecule has 0 aliphatic rings. The SMILES string of the molecule is Cc1cc(Br)cc(C)c1NC(=O)[C@@H](C)NC(=O)OCc1ccccc1. The third-order valence-corrected chi connectivity index (χ3v) is 4.14. The van der Waals surface area contributed by atoms with Crippen LogP contribution in [0.3, 0.4) is 0 Å². The molecule has 0 saturated heterocycles. The molecule has 2 N–H and O–H groups in total. The average molecular weight is 405 g/mol. The lowest BCUT2D eigenvalue weighted by molar-refractivity contribution is -0.117. The Balaban J connectivity index is 1.89. The van der Waals surface area contributed by atoms with Crippen molar-refractivity contribution in [2.45, 2.75) is 33.4 Å². The van der Waals surface area contributed by atoms with Gasteiger partial charge in [0.25, 0.3) is 0 Å². The molecule has 0 spiro atoms. The van der Waals surface area contributed by atoms with Crippen molar-refractivity contribution in [2.24, 2.45) is 0 Å². The largest absolute Gasteiger partial charge is 0.445 e. The number of carbonyl (C=O) groups is 2. The number of aryl methyl sites for hydroxylation is 2. The molecule has 0 aliphatic heterocycles. The Kier molecular flexibility index (Phi) is 6.58. The zero-order valence-electron chi connectivity index (χ0n) is 14.4. The summed E-state index contributed by atoms with van der Waals surface area (Å²) in [6.45, 7) is 5.60. The van der Waals surface area contributed by atoms with E-state index < -0.39 is 12.1 Å². The predicted molar refractivity (Wildman–Crippen MR) is 101 cm³/mol. The second-order valence-corrected chi connectivity index (χ2v) is 6.75. The summed E-state index contributed by atoms with van der Waals surface area (Å²) < 4.78 is 6.08. The molecule has 0 aromatic heterocycles. The van der Waals surface area contributed by atoms with E-state index in [2.05, 4.69) is 26.6 Å². The summed E-state index contributed by atoms with van der Waals surface area (Å²) in [4.78, 5) is 24.2. The summed E-state index contributed by atoms with van der Waals surface area (Å²) in [6, 6.07) is 12.5. The van der Waals surface area contributed by atoms with Crippen LogP contribution in [0, 0.1) is 13.8 Å². The van der Waals surface area contributed by atoms with E-state index >= 15 is 0 Å². The highest BCUT2D eigenvalue weighted by molar-refractivity contribution is 9.10. The summed E-state index contributed by atoms with van der Waals surface area (Å²) in [6.07, 6.45) is -0.629. The number of nitrogens with one attached hydrogen (secondary N) is 2. The highest BCUT2D eigenvalue weighted by atomic mass is 79.9. The van der Waals surface area contributed by atoms with Crippen molar-refractivity contribution in [1.82, 2.24) is 5.32 Å². The average Bonchev–Trinajstić information content (AvgIpc) is 2.57. The van der Waals surface area contributed by atoms with Crippen molar-refractivity contribution >= 4 is 33.6 Å². The maximum atomic E-state index is 12.3. The molecule has 5 nitrogen and oxygen atoms in total. The van der Waals surface area contributed by atoms with Gasteiger partial charge in [-0.1, -0.05) is 46.3 Å². The third-order valence-electron chi connectivity index (χ3n) is 3.69. The van der Waals surface area contributed by atoms with Gasteiger partial charge in [-0.05, 0) is 49.6 Å². The second-order valence-electron chi connectivity index (χ2n) is 5.83. The Morgan fingerprint density at radius 3 is 2.32 bits per heavy atom. The highest BCUT2D eigenvalue weighted by Crippen LogP contribution is 2.25. The number of halogens is 1. The molecule has 0 aliphatic carbocycles. The molecular weight excluding hydrogens is 384 g/mol. The number of hydrogen-bond donors (Lipinski definition) is 2. The fraction of sp³-hybridized carbons (Fsp3) is 0.263. The lowest BCUT2D eigenvalue weighted by Gasteiger charge is -2.17. The van der Waals surface area contributed by atoms with Gasteiger partial charge < -0.3 is 15.4 Å². The van der Waals surface area contributed by atoms with Gasteiger partial charge in [0.15, 0.2) is 0 Å². The van der Waals surface area contributed by atoms with E-state index in [4.69, 9.17) is 4.74 Å². The molecule has 6 heteroatoms. The number of hydrogen-bond acceptors (Lipinski definition) is 3. The van der Waals surface area contributed by atoms with Gasteiger partial charge in [-0.3, -0.25) is 4.79 Å². The number of amides is 2. The van der Waals surface area contributed by atoms with Crippen LogP contribution in [-0.2, 0) is 16.1 Å². The molecule has 0 saturated carbocycles. The number of anilines is 1. The van der Waals surface area contributed by atoms with Gasteiger partial charge in [0.1, 0.15) is 12.6 Å². The quantitative estimate of drug-likeness (QED) is 0.779. The van der Waals surface area contributed by atoms with Crippen molar-refractivity contribution in [1.29, 1.82) is 0 Å². The molecule has 2 rings (SSSR count). The zero-order chi connectivity index (χ0) is 18.4. The van der Waals surface area contributed by atoms with Crippen LogP contribution >= 0.6 is 15.9 Å². The Morgan fingerprint density at radius 2 is 1.72 bits per heavy atom. The molecule has 2 aromatic carbocycles. The van der Waals surface area contributed by atoms with Gasteiger partial charge in [-0.15, -0.1) is 0 Å². The van der Waals surface area contributed by atoms with Crippen molar-refractivity contribution < 1.29 is 14.3 Å². The molecule has 2 amide bonds. The topological polar surface area (TPSA) is 67.4 Å². The molecule has 25 heavy (non-hydrogen) atoms. The van der Waals surface area contributed by atoms with Crippen LogP contribution in [0.25, 0.3) is 0 Å². The molecule has 0 fully saturated rings. The van der Waals surface area contributed by atoms with E-state index in [9.17, 15) is 9.59 Å². The van der Waals surface area contributed by atoms with Crippen LogP contribution < -0.4 is 10.6 Å². The Hall–Kier alpha value is -2.34. The van der Waals surface area contributed by atoms with E-state index in [0.29, 0.717) is 0 Å². The fourth-order valence-corrected chi connectivity index (χ4v) is 3.03. The summed E-state index contributed by atoms with van der Waals surface area (Å²) in [7, 11) is 0. The molecule has 0 unspecified atom stereocenters.